The minimum atomic E-state index is -1.13. The minimum absolute atomic E-state index is 0.139. The van der Waals surface area contributed by atoms with Crippen molar-refractivity contribution in [3.05, 3.63) is 35.9 Å². The van der Waals surface area contributed by atoms with Gasteiger partial charge in [-0.1, -0.05) is 30.3 Å². The fraction of sp³-hybridized carbons (Fsp3) is 0.500. The summed E-state index contributed by atoms with van der Waals surface area (Å²) >= 11 is 0. The van der Waals surface area contributed by atoms with Gasteiger partial charge in [0.25, 0.3) is 0 Å². The molecule has 1 aromatic carbocycles. The minimum Gasteiger partial charge on any atom is -0.445 e. The van der Waals surface area contributed by atoms with Crippen LogP contribution in [0.2, 0.25) is 0 Å². The van der Waals surface area contributed by atoms with Gasteiger partial charge in [-0.05, 0) is 19.4 Å². The van der Waals surface area contributed by atoms with Crippen LogP contribution in [0.3, 0.4) is 0 Å². The molecule has 0 heterocycles. The molecule has 7 nitrogen and oxygen atoms in total. The fourth-order valence-corrected chi connectivity index (χ4v) is 1.73. The van der Waals surface area contributed by atoms with Crippen molar-refractivity contribution in [1.29, 1.82) is 0 Å². The van der Waals surface area contributed by atoms with E-state index in [-0.39, 0.29) is 19.1 Å². The summed E-state index contributed by atoms with van der Waals surface area (Å²) in [6.45, 7) is 3.48. The lowest BCUT2D eigenvalue weighted by Gasteiger charge is -2.25. The average Bonchev–Trinajstić information content (AvgIpc) is 2.54. The molecule has 1 rings (SSSR count). The maximum atomic E-state index is 12.1. The van der Waals surface area contributed by atoms with Gasteiger partial charge in [0.05, 0.1) is 6.54 Å². The van der Waals surface area contributed by atoms with Gasteiger partial charge in [-0.3, -0.25) is 4.79 Å². The number of rotatable bonds is 8. The van der Waals surface area contributed by atoms with Crippen molar-refractivity contribution in [2.75, 3.05) is 20.8 Å². The van der Waals surface area contributed by atoms with E-state index in [1.54, 1.807) is 13.8 Å². The highest BCUT2D eigenvalue weighted by Gasteiger charge is 2.30. The lowest BCUT2D eigenvalue weighted by molar-refractivity contribution is -0.132. The van der Waals surface area contributed by atoms with Crippen LogP contribution in [0.25, 0.3) is 0 Å². The fourth-order valence-electron chi connectivity index (χ4n) is 1.73. The Kier molecular flexibility index (Phi) is 7.50. The predicted octanol–water partition coefficient (Wildman–Crippen LogP) is 1.43. The van der Waals surface area contributed by atoms with E-state index in [2.05, 4.69) is 10.6 Å². The van der Waals surface area contributed by atoms with Gasteiger partial charge in [0.1, 0.15) is 12.1 Å². The Morgan fingerprint density at radius 1 is 1.13 bits per heavy atom. The summed E-state index contributed by atoms with van der Waals surface area (Å²) in [7, 11) is 2.95. The largest absolute Gasteiger partial charge is 0.445 e. The number of alkyl carbamates (subject to hydrolysis) is 1. The van der Waals surface area contributed by atoms with E-state index in [1.165, 1.54) is 14.2 Å². The molecule has 0 fully saturated rings. The average molecular weight is 324 g/mol. The molecule has 0 saturated heterocycles. The smallest absolute Gasteiger partial charge is 0.408 e. The van der Waals surface area contributed by atoms with Crippen molar-refractivity contribution in [3.8, 4) is 0 Å². The van der Waals surface area contributed by atoms with Gasteiger partial charge >= 0.3 is 6.09 Å². The predicted molar refractivity (Wildman–Crippen MR) is 84.7 cm³/mol. The molecule has 2 N–H and O–H groups in total. The van der Waals surface area contributed by atoms with Crippen molar-refractivity contribution in [3.63, 3.8) is 0 Å². The summed E-state index contributed by atoms with van der Waals surface area (Å²) in [6.07, 6.45) is -1.20. The Hall–Kier alpha value is -2.12. The highest BCUT2D eigenvalue weighted by molar-refractivity contribution is 5.89. The molecule has 0 bridgehead atoms. The first-order valence-corrected chi connectivity index (χ1v) is 7.21. The summed E-state index contributed by atoms with van der Waals surface area (Å²) in [5, 5.41) is 5.18. The van der Waals surface area contributed by atoms with Crippen LogP contribution < -0.4 is 10.6 Å². The molecule has 1 aromatic rings. The normalized spacial score (nSPS) is 11.2. The third kappa shape index (κ3) is 6.66. The summed E-state index contributed by atoms with van der Waals surface area (Å²) in [5.74, 6) is -0.367. The number of hydrogen-bond acceptors (Lipinski definition) is 5. The second kappa shape index (κ2) is 9.12. The summed E-state index contributed by atoms with van der Waals surface area (Å²) in [5.41, 5.74) is -0.257. The molecule has 23 heavy (non-hydrogen) atoms. The molecule has 2 amide bonds. The zero-order chi connectivity index (χ0) is 17.3. The maximum absolute atomic E-state index is 12.1. The molecule has 128 valence electrons. The molecule has 0 saturated carbocycles. The second-order valence-electron chi connectivity index (χ2n) is 5.42. The van der Waals surface area contributed by atoms with Crippen LogP contribution in [0.5, 0.6) is 0 Å². The van der Waals surface area contributed by atoms with Gasteiger partial charge in [0.15, 0.2) is 6.29 Å². The van der Waals surface area contributed by atoms with Gasteiger partial charge in [-0.2, -0.15) is 0 Å². The molecule has 0 spiro atoms. The summed E-state index contributed by atoms with van der Waals surface area (Å²) in [4.78, 5) is 23.9. The highest BCUT2D eigenvalue weighted by atomic mass is 16.7. The zero-order valence-corrected chi connectivity index (χ0v) is 13.9. The van der Waals surface area contributed by atoms with Crippen molar-refractivity contribution >= 4 is 12.0 Å². The van der Waals surface area contributed by atoms with Crippen molar-refractivity contribution in [1.82, 2.24) is 10.6 Å². The molecule has 0 aliphatic carbocycles. The van der Waals surface area contributed by atoms with E-state index in [0.717, 1.165) is 5.56 Å². The SMILES string of the molecule is COC(CNC(=O)C(C)(C)NC(=O)OCc1ccccc1)OC. The van der Waals surface area contributed by atoms with E-state index < -0.39 is 17.9 Å². The molecule has 0 aliphatic rings. The zero-order valence-electron chi connectivity index (χ0n) is 13.9. The number of methoxy groups -OCH3 is 2. The number of benzene rings is 1. The number of amides is 2. The second-order valence-corrected chi connectivity index (χ2v) is 5.42. The summed E-state index contributed by atoms with van der Waals surface area (Å²) in [6, 6.07) is 9.29. The summed E-state index contributed by atoms with van der Waals surface area (Å²) < 4.78 is 15.1. The van der Waals surface area contributed by atoms with Crippen LogP contribution in [0.1, 0.15) is 19.4 Å². The van der Waals surface area contributed by atoms with E-state index in [1.807, 2.05) is 30.3 Å². The first kappa shape index (κ1) is 18.9. The lowest BCUT2D eigenvalue weighted by atomic mass is 10.1. The van der Waals surface area contributed by atoms with E-state index >= 15 is 0 Å². The van der Waals surface area contributed by atoms with Crippen LogP contribution in [-0.2, 0) is 25.6 Å². The molecule has 0 radical (unpaired) electrons. The van der Waals surface area contributed by atoms with Crippen molar-refractivity contribution in [2.24, 2.45) is 0 Å². The van der Waals surface area contributed by atoms with E-state index in [4.69, 9.17) is 14.2 Å². The Morgan fingerprint density at radius 2 is 1.74 bits per heavy atom. The van der Waals surface area contributed by atoms with E-state index in [9.17, 15) is 9.59 Å². The monoisotopic (exact) mass is 324 g/mol. The number of carbonyl (C=O) groups is 2. The Balaban J connectivity index is 2.43. The van der Waals surface area contributed by atoms with Gasteiger partial charge < -0.3 is 24.8 Å². The van der Waals surface area contributed by atoms with Crippen molar-refractivity contribution < 1.29 is 23.8 Å². The third-order valence-electron chi connectivity index (χ3n) is 3.15. The van der Waals surface area contributed by atoms with Crippen LogP contribution in [0.4, 0.5) is 4.79 Å². The van der Waals surface area contributed by atoms with Gasteiger partial charge in [0.2, 0.25) is 5.91 Å². The first-order valence-electron chi connectivity index (χ1n) is 7.21. The molecule has 0 aliphatic heterocycles. The standard InChI is InChI=1S/C16H24N2O5/c1-16(2,14(19)17-10-13(21-3)22-4)18-15(20)23-11-12-8-6-5-7-9-12/h5-9,13H,10-11H2,1-4H3,(H,17,19)(H,18,20). The number of hydrogen-bond donors (Lipinski definition) is 2. The van der Waals surface area contributed by atoms with Crippen LogP contribution >= 0.6 is 0 Å². The Morgan fingerprint density at radius 3 is 2.30 bits per heavy atom. The van der Waals surface area contributed by atoms with Crippen molar-refractivity contribution in [2.45, 2.75) is 32.3 Å². The molecule has 0 aromatic heterocycles. The highest BCUT2D eigenvalue weighted by Crippen LogP contribution is 2.05. The lowest BCUT2D eigenvalue weighted by Crippen LogP contribution is -2.55. The van der Waals surface area contributed by atoms with Crippen LogP contribution in [-0.4, -0.2) is 44.6 Å². The Labute approximate surface area is 136 Å². The number of ether oxygens (including phenoxy) is 3. The van der Waals surface area contributed by atoms with Gasteiger partial charge in [-0.15, -0.1) is 0 Å². The Bertz CT molecular complexity index is 500. The first-order chi connectivity index (χ1) is 10.9. The molecular weight excluding hydrogens is 300 g/mol. The maximum Gasteiger partial charge on any atom is 0.408 e. The number of nitrogens with one attached hydrogen (secondary N) is 2. The van der Waals surface area contributed by atoms with Crippen LogP contribution in [0, 0.1) is 0 Å². The third-order valence-corrected chi connectivity index (χ3v) is 3.15. The number of carbonyl (C=O) groups excluding carboxylic acids is 2. The quantitative estimate of drug-likeness (QED) is 0.707. The molecule has 7 heteroatoms. The molecule has 0 unspecified atom stereocenters. The molecular formula is C16H24N2O5. The van der Waals surface area contributed by atoms with E-state index in [0.29, 0.717) is 0 Å². The topological polar surface area (TPSA) is 85.9 Å². The van der Waals surface area contributed by atoms with Crippen LogP contribution in [0.15, 0.2) is 30.3 Å². The molecule has 0 atom stereocenters. The van der Waals surface area contributed by atoms with Gasteiger partial charge in [0, 0.05) is 14.2 Å². The van der Waals surface area contributed by atoms with Gasteiger partial charge in [-0.25, -0.2) is 4.79 Å².